The van der Waals surface area contributed by atoms with E-state index in [-0.39, 0.29) is 17.4 Å². The minimum absolute atomic E-state index is 0.137. The number of nitrogens with one attached hydrogen (secondary N) is 1. The third kappa shape index (κ3) is 7.76. The van der Waals surface area contributed by atoms with Gasteiger partial charge >= 0.3 is 0 Å². The van der Waals surface area contributed by atoms with Gasteiger partial charge in [-0.3, -0.25) is 14.9 Å². The number of hydrogen-bond acceptors (Lipinski definition) is 4. The molecule has 8 heteroatoms. The highest BCUT2D eigenvalue weighted by atomic mass is 79.9. The largest absolute Gasteiger partial charge is 0.492 e. The summed E-state index contributed by atoms with van der Waals surface area (Å²) in [6, 6.07) is 14.8. The summed E-state index contributed by atoms with van der Waals surface area (Å²) in [7, 11) is 0. The van der Waals surface area contributed by atoms with Crippen LogP contribution in [0.2, 0.25) is 0 Å². The van der Waals surface area contributed by atoms with Gasteiger partial charge in [-0.2, -0.15) is 0 Å². The number of amides is 2. The van der Waals surface area contributed by atoms with Crippen LogP contribution in [0.5, 0.6) is 5.75 Å². The molecule has 30 heavy (non-hydrogen) atoms. The predicted molar refractivity (Wildman–Crippen MR) is 125 cm³/mol. The van der Waals surface area contributed by atoms with Crippen LogP contribution in [0.25, 0.3) is 0 Å². The summed E-state index contributed by atoms with van der Waals surface area (Å²) >= 11 is 8.89. The molecule has 2 rings (SSSR count). The lowest BCUT2D eigenvalue weighted by Crippen LogP contribution is -2.43. The van der Waals surface area contributed by atoms with E-state index in [1.165, 1.54) is 0 Å². The number of hydrogen-bond donors (Lipinski definition) is 2. The highest BCUT2D eigenvalue weighted by molar-refractivity contribution is 9.10. The number of nitrogens with two attached hydrogens (primary N) is 1. The Kier molecular flexibility index (Phi) is 9.76. The minimum atomic E-state index is -0.426. The van der Waals surface area contributed by atoms with Gasteiger partial charge in [0.2, 0.25) is 5.91 Å². The molecule has 0 bridgehead atoms. The zero-order valence-corrected chi connectivity index (χ0v) is 19.3. The number of primary amides is 1. The standard InChI is InChI=1S/C22H26BrN3O3S/c1-2-3-13-29-19-10-9-17(14-18(19)23)21(28)25-22(30)26(12-11-20(24)27)15-16-7-5-4-6-8-16/h4-10,14H,2-3,11-13,15H2,1H3,(H2,24,27)(H,25,28,30). The summed E-state index contributed by atoms with van der Waals surface area (Å²) in [5, 5.41) is 2.98. The highest BCUT2D eigenvalue weighted by Gasteiger charge is 2.16. The Labute approximate surface area is 190 Å². The van der Waals surface area contributed by atoms with Gasteiger partial charge in [0.15, 0.2) is 5.11 Å². The Morgan fingerprint density at radius 3 is 2.57 bits per heavy atom. The molecule has 0 atom stereocenters. The molecule has 0 aliphatic heterocycles. The first kappa shape index (κ1) is 23.8. The van der Waals surface area contributed by atoms with Gasteiger partial charge in [0.1, 0.15) is 5.75 Å². The number of unbranched alkanes of at least 4 members (excludes halogenated alkanes) is 1. The lowest BCUT2D eigenvalue weighted by molar-refractivity contribution is -0.118. The maximum atomic E-state index is 12.7. The van der Waals surface area contributed by atoms with Gasteiger partial charge in [-0.25, -0.2) is 0 Å². The zero-order valence-electron chi connectivity index (χ0n) is 16.9. The summed E-state index contributed by atoms with van der Waals surface area (Å²) in [6.07, 6.45) is 2.15. The number of carbonyl (C=O) groups excluding carboxylic acids is 2. The first-order valence-electron chi connectivity index (χ1n) is 9.75. The van der Waals surface area contributed by atoms with E-state index in [0.717, 1.165) is 18.4 Å². The van der Waals surface area contributed by atoms with Crippen LogP contribution in [-0.2, 0) is 11.3 Å². The topological polar surface area (TPSA) is 84.7 Å². The maximum Gasteiger partial charge on any atom is 0.257 e. The van der Waals surface area contributed by atoms with Crippen molar-refractivity contribution >= 4 is 45.1 Å². The fourth-order valence-electron chi connectivity index (χ4n) is 2.64. The fourth-order valence-corrected chi connectivity index (χ4v) is 3.38. The van der Waals surface area contributed by atoms with Crippen LogP contribution in [0.15, 0.2) is 53.0 Å². The third-order valence-corrected chi connectivity index (χ3v) is 5.28. The third-order valence-electron chi connectivity index (χ3n) is 4.30. The van der Waals surface area contributed by atoms with Gasteiger partial charge in [0.05, 0.1) is 11.1 Å². The molecule has 0 unspecified atom stereocenters. The normalized spacial score (nSPS) is 10.3. The maximum absolute atomic E-state index is 12.7. The number of nitrogens with zero attached hydrogens (tertiary/aromatic N) is 1. The number of carbonyl (C=O) groups is 2. The van der Waals surface area contributed by atoms with E-state index >= 15 is 0 Å². The highest BCUT2D eigenvalue weighted by Crippen LogP contribution is 2.26. The van der Waals surface area contributed by atoms with Crippen LogP contribution < -0.4 is 15.8 Å². The SMILES string of the molecule is CCCCOc1ccc(C(=O)NC(=S)N(CCC(N)=O)Cc2ccccc2)cc1Br. The molecule has 160 valence electrons. The lowest BCUT2D eigenvalue weighted by atomic mass is 10.2. The quantitative estimate of drug-likeness (QED) is 0.387. The second kappa shape index (κ2) is 12.3. The predicted octanol–water partition coefficient (Wildman–Crippen LogP) is 4.02. The van der Waals surface area contributed by atoms with Gasteiger partial charge in [-0.1, -0.05) is 43.7 Å². The molecule has 0 heterocycles. The number of thiocarbonyl (C=S) groups is 1. The van der Waals surface area contributed by atoms with Crippen LogP contribution in [-0.4, -0.2) is 35.0 Å². The van der Waals surface area contributed by atoms with E-state index in [2.05, 4.69) is 28.2 Å². The lowest BCUT2D eigenvalue weighted by Gasteiger charge is -2.25. The van der Waals surface area contributed by atoms with Crippen molar-refractivity contribution < 1.29 is 14.3 Å². The molecule has 0 spiro atoms. The molecule has 2 amide bonds. The molecule has 0 aromatic heterocycles. The summed E-state index contributed by atoms with van der Waals surface area (Å²) in [5.74, 6) is -0.0718. The van der Waals surface area contributed by atoms with Crippen molar-refractivity contribution in [3.63, 3.8) is 0 Å². The summed E-state index contributed by atoms with van der Waals surface area (Å²) in [6.45, 7) is 3.50. The van der Waals surface area contributed by atoms with E-state index in [1.54, 1.807) is 23.1 Å². The molecule has 0 aliphatic carbocycles. The average Bonchev–Trinajstić information content (AvgIpc) is 2.72. The van der Waals surface area contributed by atoms with E-state index < -0.39 is 5.91 Å². The van der Waals surface area contributed by atoms with Crippen molar-refractivity contribution in [1.82, 2.24) is 10.2 Å². The first-order chi connectivity index (χ1) is 14.4. The average molecular weight is 492 g/mol. The smallest absolute Gasteiger partial charge is 0.257 e. The summed E-state index contributed by atoms with van der Waals surface area (Å²) < 4.78 is 6.40. The number of halogens is 1. The first-order valence-corrected chi connectivity index (χ1v) is 11.0. The van der Waals surface area contributed by atoms with E-state index in [1.807, 2.05) is 30.3 Å². The molecule has 0 saturated heterocycles. The van der Waals surface area contributed by atoms with Crippen LogP contribution in [0, 0.1) is 0 Å². The van der Waals surface area contributed by atoms with Crippen LogP contribution in [0.3, 0.4) is 0 Å². The van der Waals surface area contributed by atoms with Crippen molar-refractivity contribution in [2.24, 2.45) is 5.73 Å². The molecular weight excluding hydrogens is 466 g/mol. The molecule has 0 radical (unpaired) electrons. The molecule has 0 fully saturated rings. The van der Waals surface area contributed by atoms with Crippen molar-refractivity contribution in [3.05, 3.63) is 64.1 Å². The zero-order chi connectivity index (χ0) is 21.9. The Morgan fingerprint density at radius 2 is 1.93 bits per heavy atom. The van der Waals surface area contributed by atoms with Gasteiger partial charge < -0.3 is 15.4 Å². The van der Waals surface area contributed by atoms with E-state index in [4.69, 9.17) is 22.7 Å². The van der Waals surface area contributed by atoms with Crippen molar-refractivity contribution in [1.29, 1.82) is 0 Å². The Bertz CT molecular complexity index is 877. The number of ether oxygens (including phenoxy) is 1. The molecule has 0 aliphatic rings. The van der Waals surface area contributed by atoms with Crippen LogP contribution in [0.1, 0.15) is 42.1 Å². The van der Waals surface area contributed by atoms with Crippen molar-refractivity contribution in [2.75, 3.05) is 13.2 Å². The molecule has 6 nitrogen and oxygen atoms in total. The van der Waals surface area contributed by atoms with Crippen molar-refractivity contribution in [2.45, 2.75) is 32.7 Å². The van der Waals surface area contributed by atoms with Gasteiger partial charge in [0, 0.05) is 25.1 Å². The Morgan fingerprint density at radius 1 is 1.20 bits per heavy atom. The molecule has 3 N–H and O–H groups in total. The minimum Gasteiger partial charge on any atom is -0.492 e. The van der Waals surface area contributed by atoms with E-state index in [0.29, 0.717) is 35.5 Å². The molecule has 2 aromatic rings. The van der Waals surface area contributed by atoms with E-state index in [9.17, 15) is 9.59 Å². The van der Waals surface area contributed by atoms with Crippen LogP contribution in [0.4, 0.5) is 0 Å². The monoisotopic (exact) mass is 491 g/mol. The van der Waals surface area contributed by atoms with Gasteiger partial charge in [0.25, 0.3) is 5.91 Å². The number of rotatable bonds is 10. The molecular formula is C22H26BrN3O3S. The second-order valence-electron chi connectivity index (χ2n) is 6.73. The molecule has 2 aromatic carbocycles. The molecule has 0 saturated carbocycles. The summed E-state index contributed by atoms with van der Waals surface area (Å²) in [4.78, 5) is 25.7. The summed E-state index contributed by atoms with van der Waals surface area (Å²) in [5.41, 5.74) is 6.74. The fraction of sp³-hybridized carbons (Fsp3) is 0.318. The Hall–Kier alpha value is -2.45. The van der Waals surface area contributed by atoms with Crippen LogP contribution >= 0.6 is 28.1 Å². The van der Waals surface area contributed by atoms with Gasteiger partial charge in [-0.15, -0.1) is 0 Å². The second-order valence-corrected chi connectivity index (χ2v) is 7.97. The number of benzene rings is 2. The van der Waals surface area contributed by atoms with Crippen molar-refractivity contribution in [3.8, 4) is 5.75 Å². The van der Waals surface area contributed by atoms with Gasteiger partial charge in [-0.05, 0) is 58.3 Å². The Balaban J connectivity index is 2.05.